The van der Waals surface area contributed by atoms with Crippen molar-refractivity contribution in [2.45, 2.75) is 33.2 Å². The van der Waals surface area contributed by atoms with Crippen LogP contribution in [0.4, 0.5) is 0 Å². The number of nitrogens with one attached hydrogen (secondary N) is 2. The molecule has 22 heavy (non-hydrogen) atoms. The number of guanidine groups is 1. The molecule has 1 aromatic heterocycles. The van der Waals surface area contributed by atoms with Gasteiger partial charge in [-0.2, -0.15) is 0 Å². The van der Waals surface area contributed by atoms with Crippen LogP contribution in [0, 0.1) is 5.92 Å². The topological polar surface area (TPSA) is 49.3 Å². The molecule has 0 bridgehead atoms. The molecule has 0 fully saturated rings. The molecule has 0 atom stereocenters. The maximum absolute atomic E-state index is 4.50. The summed E-state index contributed by atoms with van der Waals surface area (Å²) in [5.41, 5.74) is 1.04. The van der Waals surface area contributed by atoms with Crippen LogP contribution < -0.4 is 10.6 Å². The number of rotatable bonds is 6. The normalized spacial score (nSPS) is 11.9. The van der Waals surface area contributed by atoms with Crippen LogP contribution in [-0.4, -0.2) is 24.5 Å². The van der Waals surface area contributed by atoms with E-state index >= 15 is 0 Å². The minimum Gasteiger partial charge on any atom is -0.356 e. The number of fused-ring (bicyclic) bond motifs is 1. The fourth-order valence-electron chi connectivity index (χ4n) is 2.53. The van der Waals surface area contributed by atoms with Gasteiger partial charge in [0.15, 0.2) is 5.96 Å². The maximum Gasteiger partial charge on any atom is 0.191 e. The number of aromatic nitrogens is 1. The third kappa shape index (κ3) is 4.20. The Kier molecular flexibility index (Phi) is 6.19. The predicted molar refractivity (Wildman–Crippen MR) is 94.0 cm³/mol. The highest BCUT2D eigenvalue weighted by Crippen LogP contribution is 2.15. The molecule has 0 saturated heterocycles. The standard InChI is InChI=1S/C18H26N4/c1-4-14(5-2)12-21-18(19-3)22-13-17-16-9-7-6-8-15(16)10-11-20-17/h6-11,14H,4-5,12-13H2,1-3H3,(H2,19,21,22). The summed E-state index contributed by atoms with van der Waals surface area (Å²) in [4.78, 5) is 8.79. The second-order valence-corrected chi connectivity index (χ2v) is 5.47. The molecule has 2 rings (SSSR count). The highest BCUT2D eigenvalue weighted by molar-refractivity contribution is 5.85. The first kappa shape index (κ1) is 16.3. The second-order valence-electron chi connectivity index (χ2n) is 5.47. The Morgan fingerprint density at radius 2 is 1.91 bits per heavy atom. The summed E-state index contributed by atoms with van der Waals surface area (Å²) in [7, 11) is 1.80. The molecule has 1 aromatic carbocycles. The van der Waals surface area contributed by atoms with Gasteiger partial charge in [-0.05, 0) is 17.4 Å². The van der Waals surface area contributed by atoms with Gasteiger partial charge in [-0.25, -0.2) is 0 Å². The van der Waals surface area contributed by atoms with Crippen molar-refractivity contribution in [2.24, 2.45) is 10.9 Å². The van der Waals surface area contributed by atoms with E-state index in [1.54, 1.807) is 7.05 Å². The van der Waals surface area contributed by atoms with Crippen LogP contribution in [0.1, 0.15) is 32.4 Å². The van der Waals surface area contributed by atoms with Crippen LogP contribution in [-0.2, 0) is 6.54 Å². The number of pyridine rings is 1. The molecule has 0 radical (unpaired) electrons. The molecule has 0 amide bonds. The molecule has 0 spiro atoms. The van der Waals surface area contributed by atoms with Crippen molar-refractivity contribution in [3.63, 3.8) is 0 Å². The summed E-state index contributed by atoms with van der Waals surface area (Å²) in [6, 6.07) is 10.4. The fraction of sp³-hybridized carbons (Fsp3) is 0.444. The van der Waals surface area contributed by atoms with E-state index in [2.05, 4.69) is 52.7 Å². The largest absolute Gasteiger partial charge is 0.356 e. The minimum atomic E-state index is 0.671. The van der Waals surface area contributed by atoms with Gasteiger partial charge in [-0.1, -0.05) is 51.0 Å². The molecule has 1 heterocycles. The van der Waals surface area contributed by atoms with Gasteiger partial charge in [0.2, 0.25) is 0 Å². The minimum absolute atomic E-state index is 0.671. The summed E-state index contributed by atoms with van der Waals surface area (Å²) in [5, 5.41) is 9.16. The Morgan fingerprint density at radius 1 is 1.14 bits per heavy atom. The molecule has 0 unspecified atom stereocenters. The molecule has 118 valence electrons. The van der Waals surface area contributed by atoms with E-state index in [9.17, 15) is 0 Å². The van der Waals surface area contributed by atoms with Gasteiger partial charge in [0.05, 0.1) is 12.2 Å². The molecular weight excluding hydrogens is 272 g/mol. The van der Waals surface area contributed by atoms with Gasteiger partial charge in [0, 0.05) is 25.2 Å². The number of nitrogens with zero attached hydrogens (tertiary/aromatic N) is 2. The van der Waals surface area contributed by atoms with Crippen LogP contribution in [0.2, 0.25) is 0 Å². The molecule has 0 aliphatic rings. The van der Waals surface area contributed by atoms with E-state index < -0.39 is 0 Å². The van der Waals surface area contributed by atoms with Gasteiger partial charge in [-0.3, -0.25) is 9.98 Å². The van der Waals surface area contributed by atoms with Crippen LogP contribution >= 0.6 is 0 Å². The summed E-state index contributed by atoms with van der Waals surface area (Å²) >= 11 is 0. The predicted octanol–water partition coefficient (Wildman–Crippen LogP) is 3.34. The molecule has 4 heteroatoms. The Labute approximate surface area is 133 Å². The van der Waals surface area contributed by atoms with Gasteiger partial charge < -0.3 is 10.6 Å². The van der Waals surface area contributed by atoms with Crippen molar-refractivity contribution in [3.05, 3.63) is 42.2 Å². The van der Waals surface area contributed by atoms with Crippen LogP contribution in [0.15, 0.2) is 41.5 Å². The van der Waals surface area contributed by atoms with Crippen molar-refractivity contribution in [3.8, 4) is 0 Å². The lowest BCUT2D eigenvalue weighted by atomic mass is 10.0. The lowest BCUT2D eigenvalue weighted by Crippen LogP contribution is -2.39. The number of hydrogen-bond acceptors (Lipinski definition) is 2. The molecule has 0 aliphatic heterocycles. The number of aliphatic imine (C=N–C) groups is 1. The lowest BCUT2D eigenvalue weighted by Gasteiger charge is -2.17. The quantitative estimate of drug-likeness (QED) is 0.635. The summed E-state index contributed by atoms with van der Waals surface area (Å²) in [6.45, 7) is 6.08. The second kappa shape index (κ2) is 8.37. The van der Waals surface area contributed by atoms with Crippen LogP contribution in [0.3, 0.4) is 0 Å². The van der Waals surface area contributed by atoms with E-state index in [4.69, 9.17) is 0 Å². The van der Waals surface area contributed by atoms with Gasteiger partial charge in [0.1, 0.15) is 0 Å². The Bertz CT molecular complexity index is 612. The van der Waals surface area contributed by atoms with Crippen molar-refractivity contribution >= 4 is 16.7 Å². The first-order chi connectivity index (χ1) is 10.8. The molecule has 0 aliphatic carbocycles. The van der Waals surface area contributed by atoms with Gasteiger partial charge in [-0.15, -0.1) is 0 Å². The van der Waals surface area contributed by atoms with Crippen LogP contribution in [0.5, 0.6) is 0 Å². The summed E-state index contributed by atoms with van der Waals surface area (Å²) in [6.07, 6.45) is 4.23. The molecule has 4 nitrogen and oxygen atoms in total. The number of benzene rings is 1. The third-order valence-electron chi connectivity index (χ3n) is 4.12. The van der Waals surface area contributed by atoms with E-state index in [1.807, 2.05) is 18.3 Å². The van der Waals surface area contributed by atoms with E-state index in [0.717, 1.165) is 18.2 Å². The molecular formula is C18H26N4. The zero-order valence-corrected chi connectivity index (χ0v) is 13.8. The first-order valence-electron chi connectivity index (χ1n) is 8.05. The Hall–Kier alpha value is -2.10. The third-order valence-corrected chi connectivity index (χ3v) is 4.12. The highest BCUT2D eigenvalue weighted by atomic mass is 15.2. The van der Waals surface area contributed by atoms with Crippen molar-refractivity contribution < 1.29 is 0 Å². The Morgan fingerprint density at radius 3 is 2.64 bits per heavy atom. The van der Waals surface area contributed by atoms with E-state index in [-0.39, 0.29) is 0 Å². The van der Waals surface area contributed by atoms with Gasteiger partial charge >= 0.3 is 0 Å². The van der Waals surface area contributed by atoms with Crippen molar-refractivity contribution in [2.75, 3.05) is 13.6 Å². The average molecular weight is 298 g/mol. The average Bonchev–Trinajstić information content (AvgIpc) is 2.58. The lowest BCUT2D eigenvalue weighted by molar-refractivity contribution is 0.481. The Balaban J connectivity index is 1.98. The van der Waals surface area contributed by atoms with Gasteiger partial charge in [0.25, 0.3) is 0 Å². The maximum atomic E-state index is 4.50. The number of hydrogen-bond donors (Lipinski definition) is 2. The smallest absolute Gasteiger partial charge is 0.191 e. The zero-order valence-electron chi connectivity index (χ0n) is 13.8. The summed E-state index contributed by atoms with van der Waals surface area (Å²) < 4.78 is 0. The van der Waals surface area contributed by atoms with E-state index in [0.29, 0.717) is 12.5 Å². The molecule has 2 aromatic rings. The highest BCUT2D eigenvalue weighted by Gasteiger charge is 2.06. The molecule has 2 N–H and O–H groups in total. The summed E-state index contributed by atoms with van der Waals surface area (Å²) in [5.74, 6) is 1.52. The van der Waals surface area contributed by atoms with Crippen molar-refractivity contribution in [1.82, 2.24) is 15.6 Å². The van der Waals surface area contributed by atoms with Crippen LogP contribution in [0.25, 0.3) is 10.8 Å². The monoisotopic (exact) mass is 298 g/mol. The first-order valence-corrected chi connectivity index (χ1v) is 8.05. The zero-order chi connectivity index (χ0) is 15.8. The molecule has 0 saturated carbocycles. The van der Waals surface area contributed by atoms with E-state index in [1.165, 1.54) is 23.6 Å². The fourth-order valence-corrected chi connectivity index (χ4v) is 2.53. The van der Waals surface area contributed by atoms with Crippen molar-refractivity contribution in [1.29, 1.82) is 0 Å². The SMILES string of the molecule is CCC(CC)CNC(=NC)NCc1nccc2ccccc12.